The lowest BCUT2D eigenvalue weighted by molar-refractivity contribution is 0.496. The predicted molar refractivity (Wildman–Crippen MR) is 71.6 cm³/mol. The largest absolute Gasteiger partial charge is 0.330 e. The number of nitrogens with two attached hydrogens (primary N) is 1. The summed E-state index contributed by atoms with van der Waals surface area (Å²) >= 11 is 0. The molecule has 1 atom stereocenters. The van der Waals surface area contributed by atoms with E-state index in [1.165, 1.54) is 6.07 Å². The Bertz CT molecular complexity index is 474. The molecule has 0 aromatic heterocycles. The Labute approximate surface area is 108 Å². The molecule has 1 aromatic rings. The third-order valence-electron chi connectivity index (χ3n) is 3.08. The molecule has 5 heteroatoms. The van der Waals surface area contributed by atoms with Crippen molar-refractivity contribution in [1.29, 1.82) is 0 Å². The maximum atomic E-state index is 13.5. The van der Waals surface area contributed by atoms with Gasteiger partial charge in [-0.3, -0.25) is 0 Å². The molecule has 0 amide bonds. The van der Waals surface area contributed by atoms with Crippen LogP contribution in [0.1, 0.15) is 18.9 Å². The lowest BCUT2D eigenvalue weighted by atomic mass is 9.97. The molecule has 102 valence electrons. The van der Waals surface area contributed by atoms with Crippen LogP contribution in [0.3, 0.4) is 0 Å². The van der Waals surface area contributed by atoms with Crippen molar-refractivity contribution in [3.05, 3.63) is 35.6 Å². The van der Waals surface area contributed by atoms with Gasteiger partial charge in [-0.05, 0) is 36.9 Å². The summed E-state index contributed by atoms with van der Waals surface area (Å²) in [5, 5.41) is 0. The van der Waals surface area contributed by atoms with Crippen LogP contribution in [0.15, 0.2) is 24.3 Å². The lowest BCUT2D eigenvalue weighted by Crippen LogP contribution is -2.21. The van der Waals surface area contributed by atoms with Crippen molar-refractivity contribution < 1.29 is 12.8 Å². The lowest BCUT2D eigenvalue weighted by Gasteiger charge is -2.15. The van der Waals surface area contributed by atoms with E-state index in [-0.39, 0.29) is 23.2 Å². The van der Waals surface area contributed by atoms with Crippen molar-refractivity contribution in [2.45, 2.75) is 19.8 Å². The van der Waals surface area contributed by atoms with Crippen LogP contribution < -0.4 is 5.73 Å². The third kappa shape index (κ3) is 4.74. The topological polar surface area (TPSA) is 60.2 Å². The van der Waals surface area contributed by atoms with Gasteiger partial charge in [0.1, 0.15) is 15.7 Å². The molecular weight excluding hydrogens is 253 g/mol. The highest BCUT2D eigenvalue weighted by Crippen LogP contribution is 2.15. The first-order valence-electron chi connectivity index (χ1n) is 6.12. The quantitative estimate of drug-likeness (QED) is 0.823. The molecule has 0 heterocycles. The zero-order valence-electron chi connectivity index (χ0n) is 10.6. The van der Waals surface area contributed by atoms with Crippen molar-refractivity contribution in [3.8, 4) is 0 Å². The van der Waals surface area contributed by atoms with Crippen LogP contribution in [0.4, 0.5) is 4.39 Å². The van der Waals surface area contributed by atoms with Crippen LogP contribution in [-0.2, 0) is 16.3 Å². The van der Waals surface area contributed by atoms with Gasteiger partial charge in [0.05, 0.1) is 5.75 Å². The molecule has 0 saturated heterocycles. The number of halogens is 1. The van der Waals surface area contributed by atoms with E-state index in [2.05, 4.69) is 0 Å². The molecule has 1 aromatic carbocycles. The normalized spacial score (nSPS) is 13.5. The summed E-state index contributed by atoms with van der Waals surface area (Å²) in [5.74, 6) is 0.0154. The molecule has 1 unspecified atom stereocenters. The van der Waals surface area contributed by atoms with Crippen LogP contribution in [0.25, 0.3) is 0 Å². The fraction of sp³-hybridized carbons (Fsp3) is 0.538. The van der Waals surface area contributed by atoms with E-state index in [4.69, 9.17) is 5.73 Å². The Morgan fingerprint density at radius 1 is 1.33 bits per heavy atom. The molecule has 0 aliphatic carbocycles. The van der Waals surface area contributed by atoms with Gasteiger partial charge in [0.2, 0.25) is 0 Å². The van der Waals surface area contributed by atoms with Gasteiger partial charge in [-0.25, -0.2) is 12.8 Å². The van der Waals surface area contributed by atoms with Crippen molar-refractivity contribution >= 4 is 9.84 Å². The number of benzene rings is 1. The zero-order chi connectivity index (χ0) is 13.6. The number of rotatable bonds is 7. The van der Waals surface area contributed by atoms with Crippen molar-refractivity contribution in [1.82, 2.24) is 0 Å². The van der Waals surface area contributed by atoms with Gasteiger partial charge >= 0.3 is 0 Å². The van der Waals surface area contributed by atoms with Gasteiger partial charge in [-0.2, -0.15) is 0 Å². The summed E-state index contributed by atoms with van der Waals surface area (Å²) in [7, 11) is -2.98. The second kappa shape index (κ2) is 6.85. The molecule has 3 nitrogen and oxygen atoms in total. The molecule has 0 fully saturated rings. The maximum Gasteiger partial charge on any atom is 0.150 e. The van der Waals surface area contributed by atoms with Gasteiger partial charge in [0.15, 0.2) is 0 Å². The molecule has 0 aliphatic heterocycles. The van der Waals surface area contributed by atoms with Crippen LogP contribution in [-0.4, -0.2) is 26.5 Å². The maximum absolute atomic E-state index is 13.5. The average molecular weight is 273 g/mol. The molecular formula is C13H20FNO2S. The van der Waals surface area contributed by atoms with E-state index in [1.54, 1.807) is 25.1 Å². The number of hydrogen-bond acceptors (Lipinski definition) is 3. The second-order valence-corrected chi connectivity index (χ2v) is 6.90. The first-order chi connectivity index (χ1) is 8.48. The smallest absolute Gasteiger partial charge is 0.150 e. The summed E-state index contributed by atoms with van der Waals surface area (Å²) < 4.78 is 36.3. The van der Waals surface area contributed by atoms with E-state index < -0.39 is 9.84 Å². The second-order valence-electron chi connectivity index (χ2n) is 4.42. The van der Waals surface area contributed by atoms with E-state index in [9.17, 15) is 12.8 Å². The van der Waals surface area contributed by atoms with Gasteiger partial charge < -0.3 is 5.73 Å². The fourth-order valence-corrected chi connectivity index (χ4v) is 2.75. The van der Waals surface area contributed by atoms with Gasteiger partial charge in [0.25, 0.3) is 0 Å². The van der Waals surface area contributed by atoms with Gasteiger partial charge in [-0.1, -0.05) is 25.1 Å². The fourth-order valence-electron chi connectivity index (χ4n) is 1.77. The van der Waals surface area contributed by atoms with E-state index in [0.29, 0.717) is 24.9 Å². The minimum absolute atomic E-state index is 0.00299. The minimum Gasteiger partial charge on any atom is -0.330 e. The summed E-state index contributed by atoms with van der Waals surface area (Å²) in [6, 6.07) is 6.53. The Hall–Kier alpha value is -0.940. The monoisotopic (exact) mass is 273 g/mol. The van der Waals surface area contributed by atoms with Gasteiger partial charge in [-0.15, -0.1) is 0 Å². The molecule has 0 radical (unpaired) electrons. The molecule has 18 heavy (non-hydrogen) atoms. The molecule has 2 N–H and O–H groups in total. The highest BCUT2D eigenvalue weighted by atomic mass is 32.2. The zero-order valence-corrected chi connectivity index (χ0v) is 11.4. The van der Waals surface area contributed by atoms with Crippen molar-refractivity contribution in [2.75, 3.05) is 18.1 Å². The highest BCUT2D eigenvalue weighted by Gasteiger charge is 2.15. The Kier molecular flexibility index (Phi) is 5.75. The molecule has 0 aliphatic rings. The van der Waals surface area contributed by atoms with E-state index in [0.717, 1.165) is 0 Å². The van der Waals surface area contributed by atoms with E-state index in [1.807, 2.05) is 0 Å². The summed E-state index contributed by atoms with van der Waals surface area (Å²) in [6.45, 7) is 2.00. The summed E-state index contributed by atoms with van der Waals surface area (Å²) in [5.41, 5.74) is 6.22. The molecule has 0 bridgehead atoms. The molecule has 1 rings (SSSR count). The summed E-state index contributed by atoms with van der Waals surface area (Å²) in [4.78, 5) is 0. The Morgan fingerprint density at radius 2 is 2.00 bits per heavy atom. The SMILES string of the molecule is CCS(=O)(=O)CCC(CN)Cc1ccccc1F. The average Bonchev–Trinajstić information content (AvgIpc) is 2.36. The van der Waals surface area contributed by atoms with Crippen molar-refractivity contribution in [2.24, 2.45) is 11.7 Å². The van der Waals surface area contributed by atoms with Gasteiger partial charge in [0, 0.05) is 5.75 Å². The van der Waals surface area contributed by atoms with Crippen LogP contribution in [0.5, 0.6) is 0 Å². The molecule has 0 spiro atoms. The predicted octanol–water partition coefficient (Wildman–Crippen LogP) is 1.77. The number of sulfone groups is 1. The Balaban J connectivity index is 2.61. The first kappa shape index (κ1) is 15.1. The standard InChI is InChI=1S/C13H20FNO2S/c1-2-18(16,17)8-7-11(10-15)9-12-5-3-4-6-13(12)14/h3-6,11H,2,7-10,15H2,1H3. The Morgan fingerprint density at radius 3 is 2.56 bits per heavy atom. The minimum atomic E-state index is -2.98. The van der Waals surface area contributed by atoms with Crippen LogP contribution in [0.2, 0.25) is 0 Å². The molecule has 0 saturated carbocycles. The summed E-state index contributed by atoms with van der Waals surface area (Å²) in [6.07, 6.45) is 0.976. The third-order valence-corrected chi connectivity index (χ3v) is 4.81. The first-order valence-corrected chi connectivity index (χ1v) is 7.94. The highest BCUT2D eigenvalue weighted by molar-refractivity contribution is 7.91. The van der Waals surface area contributed by atoms with Crippen LogP contribution >= 0.6 is 0 Å². The van der Waals surface area contributed by atoms with Crippen LogP contribution in [0, 0.1) is 11.7 Å². The van der Waals surface area contributed by atoms with Crippen molar-refractivity contribution in [3.63, 3.8) is 0 Å². The van der Waals surface area contributed by atoms with E-state index >= 15 is 0 Å². The number of hydrogen-bond donors (Lipinski definition) is 1.